The molecule has 0 fully saturated rings. The molecule has 4 aromatic rings. The first-order chi connectivity index (χ1) is 16.1. The molecule has 11 heteroatoms. The fraction of sp³-hybridized carbons (Fsp3) is 0.174. The molecule has 0 radical (unpaired) electrons. The third kappa shape index (κ3) is 5.07. The van der Waals surface area contributed by atoms with E-state index in [0.29, 0.717) is 21.1 Å². The summed E-state index contributed by atoms with van der Waals surface area (Å²) < 4.78 is 25.4. The molecule has 0 aliphatic rings. The average Bonchev–Trinajstić information content (AvgIpc) is 3.23. The van der Waals surface area contributed by atoms with Crippen LogP contribution in [0.15, 0.2) is 68.8 Å². The summed E-state index contributed by atoms with van der Waals surface area (Å²) in [5.74, 6) is -0.273. The molecular formula is C23H22N4O4S3. The highest BCUT2D eigenvalue weighted by molar-refractivity contribution is 7.99. The number of benzene rings is 2. The number of aryl methyl sites for hydroxylation is 1. The Hall–Kier alpha value is -2.99. The van der Waals surface area contributed by atoms with E-state index in [2.05, 4.69) is 15.3 Å². The number of rotatable bonds is 7. The van der Waals surface area contributed by atoms with Gasteiger partial charge in [-0.1, -0.05) is 41.6 Å². The maximum atomic E-state index is 12.8. The zero-order valence-electron chi connectivity index (χ0n) is 18.7. The molecular weight excluding hydrogens is 492 g/mol. The summed E-state index contributed by atoms with van der Waals surface area (Å²) in [7, 11) is -0.621. The Balaban J connectivity index is 1.44. The third-order valence-electron chi connectivity index (χ3n) is 5.04. The molecule has 4 rings (SSSR count). The maximum absolute atomic E-state index is 12.8. The molecule has 2 heterocycles. The Labute approximate surface area is 205 Å². The summed E-state index contributed by atoms with van der Waals surface area (Å²) in [6.45, 7) is 2.01. The topological polar surface area (TPSA) is 112 Å². The van der Waals surface area contributed by atoms with Crippen LogP contribution in [-0.4, -0.2) is 48.4 Å². The molecule has 0 bridgehead atoms. The number of aromatic amines is 1. The highest BCUT2D eigenvalue weighted by Gasteiger charge is 2.17. The molecule has 2 aromatic heterocycles. The van der Waals surface area contributed by atoms with Crippen molar-refractivity contribution in [2.75, 3.05) is 25.2 Å². The zero-order valence-corrected chi connectivity index (χ0v) is 21.1. The van der Waals surface area contributed by atoms with Crippen molar-refractivity contribution < 1.29 is 13.2 Å². The number of nitrogens with zero attached hydrogens (tertiary/aromatic N) is 2. The normalized spacial score (nSPS) is 11.8. The Morgan fingerprint density at radius 2 is 1.79 bits per heavy atom. The fourth-order valence-electron chi connectivity index (χ4n) is 3.20. The van der Waals surface area contributed by atoms with Crippen molar-refractivity contribution in [1.82, 2.24) is 14.3 Å². The molecule has 0 atom stereocenters. The quantitative estimate of drug-likeness (QED) is 0.285. The van der Waals surface area contributed by atoms with E-state index in [1.54, 1.807) is 0 Å². The number of carbonyl (C=O) groups excluding carboxylic acids is 1. The predicted molar refractivity (Wildman–Crippen MR) is 137 cm³/mol. The smallest absolute Gasteiger partial charge is 0.260 e. The van der Waals surface area contributed by atoms with Crippen molar-refractivity contribution in [3.05, 3.63) is 69.8 Å². The molecule has 2 aromatic carbocycles. The van der Waals surface area contributed by atoms with Crippen molar-refractivity contribution >= 4 is 54.9 Å². The van der Waals surface area contributed by atoms with Crippen LogP contribution in [0.4, 0.5) is 5.69 Å². The van der Waals surface area contributed by atoms with Crippen molar-refractivity contribution in [2.45, 2.75) is 17.0 Å². The van der Waals surface area contributed by atoms with E-state index in [9.17, 15) is 18.0 Å². The van der Waals surface area contributed by atoms with E-state index in [0.717, 1.165) is 32.8 Å². The summed E-state index contributed by atoms with van der Waals surface area (Å²) in [4.78, 5) is 33.2. The summed E-state index contributed by atoms with van der Waals surface area (Å²) >= 11 is 2.51. The van der Waals surface area contributed by atoms with Crippen LogP contribution in [0.5, 0.6) is 0 Å². The molecule has 0 saturated carbocycles. The minimum atomic E-state index is -3.53. The fourth-order valence-corrected chi connectivity index (χ4v) is 5.76. The van der Waals surface area contributed by atoms with Gasteiger partial charge in [-0.05, 0) is 36.8 Å². The lowest BCUT2D eigenvalue weighted by Gasteiger charge is -2.12. The number of hydrogen-bond acceptors (Lipinski definition) is 7. The minimum absolute atomic E-state index is 0.0301. The first-order valence-corrected chi connectivity index (χ1v) is 13.5. The molecule has 0 aliphatic heterocycles. The van der Waals surface area contributed by atoms with Gasteiger partial charge >= 0.3 is 0 Å². The Kier molecular flexibility index (Phi) is 6.89. The van der Waals surface area contributed by atoms with Gasteiger partial charge in [-0.25, -0.2) is 17.7 Å². The van der Waals surface area contributed by atoms with E-state index in [1.165, 1.54) is 49.7 Å². The number of sulfonamides is 1. The van der Waals surface area contributed by atoms with Crippen molar-refractivity contribution in [2.24, 2.45) is 0 Å². The Morgan fingerprint density at radius 1 is 1.12 bits per heavy atom. The molecule has 176 valence electrons. The second-order valence-electron chi connectivity index (χ2n) is 7.72. The summed E-state index contributed by atoms with van der Waals surface area (Å²) in [5.41, 5.74) is 3.15. The number of thiophene rings is 1. The molecule has 2 N–H and O–H groups in total. The lowest BCUT2D eigenvalue weighted by Crippen LogP contribution is -2.22. The van der Waals surface area contributed by atoms with E-state index in [1.807, 2.05) is 36.6 Å². The number of thioether (sulfide) groups is 1. The average molecular weight is 515 g/mol. The number of aromatic nitrogens is 2. The van der Waals surface area contributed by atoms with Gasteiger partial charge < -0.3 is 10.3 Å². The van der Waals surface area contributed by atoms with Crippen LogP contribution in [0, 0.1) is 6.92 Å². The number of amides is 1. The Morgan fingerprint density at radius 3 is 2.44 bits per heavy atom. The first kappa shape index (κ1) is 24.1. The van der Waals surface area contributed by atoms with E-state index >= 15 is 0 Å². The van der Waals surface area contributed by atoms with Gasteiger partial charge in [0.25, 0.3) is 5.56 Å². The van der Waals surface area contributed by atoms with Crippen molar-refractivity contribution in [1.29, 1.82) is 0 Å². The highest BCUT2D eigenvalue weighted by atomic mass is 32.2. The second-order valence-corrected chi connectivity index (χ2v) is 11.7. The summed E-state index contributed by atoms with van der Waals surface area (Å²) in [6, 6.07) is 13.9. The molecule has 1 amide bonds. The number of fused-ring (bicyclic) bond motifs is 1. The van der Waals surface area contributed by atoms with Gasteiger partial charge in [0, 0.05) is 30.7 Å². The Bertz CT molecular complexity index is 1510. The van der Waals surface area contributed by atoms with Crippen LogP contribution in [0.3, 0.4) is 0 Å². The van der Waals surface area contributed by atoms with Gasteiger partial charge in [0.2, 0.25) is 15.9 Å². The third-order valence-corrected chi connectivity index (χ3v) is 8.62. The van der Waals surface area contributed by atoms with Crippen LogP contribution < -0.4 is 10.9 Å². The van der Waals surface area contributed by atoms with Crippen molar-refractivity contribution in [3.8, 4) is 11.1 Å². The first-order valence-electron chi connectivity index (χ1n) is 10.2. The summed E-state index contributed by atoms with van der Waals surface area (Å²) in [5, 5.41) is 5.53. The lowest BCUT2D eigenvalue weighted by molar-refractivity contribution is -0.113. The number of H-pyrrole nitrogens is 1. The minimum Gasteiger partial charge on any atom is -0.325 e. The molecule has 0 aliphatic carbocycles. The van der Waals surface area contributed by atoms with Gasteiger partial charge in [-0.2, -0.15) is 0 Å². The number of hydrogen-bond donors (Lipinski definition) is 2. The monoisotopic (exact) mass is 514 g/mol. The number of carbonyl (C=O) groups is 1. The van der Waals surface area contributed by atoms with Gasteiger partial charge in [0.15, 0.2) is 5.16 Å². The lowest BCUT2D eigenvalue weighted by atomic mass is 10.1. The van der Waals surface area contributed by atoms with E-state index < -0.39 is 10.0 Å². The molecule has 8 nitrogen and oxygen atoms in total. The van der Waals surface area contributed by atoms with Crippen LogP contribution in [0.25, 0.3) is 21.3 Å². The van der Waals surface area contributed by atoms with Gasteiger partial charge in [0.1, 0.15) is 4.83 Å². The SMILES string of the molecule is Cc1ccc(-c2csc3nc(SCC(=O)Nc4ccc(S(=O)(=O)N(C)C)cc4)[nH]c(=O)c23)cc1. The number of nitrogens with one attached hydrogen (secondary N) is 2. The maximum Gasteiger partial charge on any atom is 0.260 e. The van der Waals surface area contributed by atoms with Gasteiger partial charge in [0.05, 0.1) is 16.0 Å². The molecule has 0 unspecified atom stereocenters. The predicted octanol–water partition coefficient (Wildman–Crippen LogP) is 3.94. The van der Waals surface area contributed by atoms with Gasteiger partial charge in [-0.15, -0.1) is 11.3 Å². The molecule has 0 spiro atoms. The van der Waals surface area contributed by atoms with Crippen LogP contribution in [0.1, 0.15) is 5.56 Å². The summed E-state index contributed by atoms with van der Waals surface area (Å²) in [6.07, 6.45) is 0. The van der Waals surface area contributed by atoms with Crippen LogP contribution >= 0.6 is 23.1 Å². The zero-order chi connectivity index (χ0) is 24.5. The largest absolute Gasteiger partial charge is 0.325 e. The van der Waals surface area contributed by atoms with Crippen LogP contribution in [0.2, 0.25) is 0 Å². The number of anilines is 1. The second kappa shape index (κ2) is 9.71. The van der Waals surface area contributed by atoms with Crippen LogP contribution in [-0.2, 0) is 14.8 Å². The van der Waals surface area contributed by atoms with Gasteiger partial charge in [-0.3, -0.25) is 9.59 Å². The molecule has 34 heavy (non-hydrogen) atoms. The standard InChI is InChI=1S/C23H22N4O4S3/c1-14-4-6-15(7-5-14)18-12-32-22-20(18)21(29)25-23(26-22)33-13-19(28)24-16-8-10-17(11-9-16)34(30,31)27(2)3/h4-12H,13H2,1-3H3,(H,24,28)(H,25,26,29). The van der Waals surface area contributed by atoms with E-state index in [-0.39, 0.29) is 22.1 Å². The highest BCUT2D eigenvalue weighted by Crippen LogP contribution is 2.31. The molecule has 0 saturated heterocycles. The van der Waals surface area contributed by atoms with E-state index in [4.69, 9.17) is 0 Å². The van der Waals surface area contributed by atoms with Crippen molar-refractivity contribution in [3.63, 3.8) is 0 Å².